The maximum atomic E-state index is 12.8. The molecule has 1 unspecified atom stereocenters. The van der Waals surface area contributed by atoms with Crippen molar-refractivity contribution in [3.8, 4) is 5.88 Å². The molecule has 0 aromatic carbocycles. The third kappa shape index (κ3) is 4.06. The van der Waals surface area contributed by atoms with Gasteiger partial charge in [-0.3, -0.25) is 5.41 Å². The quantitative estimate of drug-likeness (QED) is 0.695. The van der Waals surface area contributed by atoms with Gasteiger partial charge >= 0.3 is 0 Å². The van der Waals surface area contributed by atoms with Crippen molar-refractivity contribution < 1.29 is 9.13 Å². The first kappa shape index (κ1) is 15.2. The zero-order chi connectivity index (χ0) is 14.4. The van der Waals surface area contributed by atoms with Crippen molar-refractivity contribution in [1.29, 1.82) is 5.41 Å². The molecule has 0 amide bonds. The van der Waals surface area contributed by atoms with E-state index in [0.29, 0.717) is 11.4 Å². The second-order valence-corrected chi connectivity index (χ2v) is 4.03. The van der Waals surface area contributed by atoms with E-state index in [0.717, 1.165) is 0 Å². The molecule has 1 aromatic rings. The van der Waals surface area contributed by atoms with Crippen LogP contribution in [-0.4, -0.2) is 30.3 Å². The molecule has 3 N–H and O–H groups in total. The molecule has 0 radical (unpaired) electrons. The predicted octanol–water partition coefficient (Wildman–Crippen LogP) is 1.80. The Hall–Kier alpha value is -1.89. The first-order chi connectivity index (χ1) is 8.99. The smallest absolute Gasteiger partial charge is 0.238 e. The van der Waals surface area contributed by atoms with Crippen LogP contribution < -0.4 is 15.4 Å². The first-order valence-corrected chi connectivity index (χ1v) is 5.82. The third-order valence-electron chi connectivity index (χ3n) is 2.40. The lowest BCUT2D eigenvalue weighted by atomic mass is 10.1. The van der Waals surface area contributed by atoms with Crippen molar-refractivity contribution in [1.82, 2.24) is 20.8 Å². The Kier molecular flexibility index (Phi) is 5.50. The Labute approximate surface area is 115 Å². The summed E-state index contributed by atoms with van der Waals surface area (Å²) in [6, 6.07) is 1.37. The summed E-state index contributed by atoms with van der Waals surface area (Å²) in [6.45, 7) is 1.82. The van der Waals surface area contributed by atoms with Gasteiger partial charge in [0.2, 0.25) is 11.8 Å². The number of nitrogens with one attached hydrogen (secondary N) is 3. The average Bonchev–Trinajstić information content (AvgIpc) is 2.38. The van der Waals surface area contributed by atoms with Gasteiger partial charge in [0.05, 0.1) is 13.2 Å². The summed E-state index contributed by atoms with van der Waals surface area (Å²) in [4.78, 5) is 0. The normalized spacial score (nSPS) is 12.8. The predicted molar refractivity (Wildman–Crippen MR) is 71.1 cm³/mol. The van der Waals surface area contributed by atoms with Crippen LogP contribution in [0, 0.1) is 5.41 Å². The van der Waals surface area contributed by atoms with Crippen molar-refractivity contribution in [2.45, 2.75) is 13.0 Å². The number of hydrogen-bond donors (Lipinski definition) is 3. The molecule has 19 heavy (non-hydrogen) atoms. The van der Waals surface area contributed by atoms with Gasteiger partial charge in [-0.2, -0.15) is 4.39 Å². The number of ether oxygens (including phenoxy) is 1. The molecular formula is C11H15ClFN5O. The standard InChI is InChI=1S/C11H15ClFN5O/c1-6(16-5-8(15-2)10(13)14)7-4-9(12)17-18-11(7)19-3/h4-6,14-16H,1-3H3/b8-5+,14-10?. The van der Waals surface area contributed by atoms with Crippen LogP contribution in [0.25, 0.3) is 0 Å². The van der Waals surface area contributed by atoms with Gasteiger partial charge < -0.3 is 15.4 Å². The van der Waals surface area contributed by atoms with E-state index < -0.39 is 5.97 Å². The van der Waals surface area contributed by atoms with E-state index in [1.807, 2.05) is 6.92 Å². The molecule has 0 spiro atoms. The minimum atomic E-state index is -1.06. The van der Waals surface area contributed by atoms with E-state index in [2.05, 4.69) is 20.8 Å². The second kappa shape index (κ2) is 6.89. The average molecular weight is 288 g/mol. The molecule has 0 fully saturated rings. The van der Waals surface area contributed by atoms with Crippen LogP contribution in [0.3, 0.4) is 0 Å². The van der Waals surface area contributed by atoms with Crippen molar-refractivity contribution >= 4 is 17.6 Å². The molecule has 8 heteroatoms. The van der Waals surface area contributed by atoms with Gasteiger partial charge in [0, 0.05) is 18.8 Å². The number of rotatable bonds is 6. The van der Waals surface area contributed by atoms with Crippen LogP contribution in [0.15, 0.2) is 18.0 Å². The van der Waals surface area contributed by atoms with Crippen LogP contribution in [0.5, 0.6) is 5.88 Å². The topological polar surface area (TPSA) is 82.9 Å². The number of halogens is 2. The van der Waals surface area contributed by atoms with Crippen LogP contribution in [0.1, 0.15) is 18.5 Å². The maximum Gasteiger partial charge on any atom is 0.238 e. The van der Waals surface area contributed by atoms with Crippen molar-refractivity contribution in [3.63, 3.8) is 0 Å². The lowest BCUT2D eigenvalue weighted by Gasteiger charge is -2.15. The fourth-order valence-corrected chi connectivity index (χ4v) is 1.54. The fraction of sp³-hybridized carbons (Fsp3) is 0.364. The molecule has 0 aliphatic heterocycles. The lowest BCUT2D eigenvalue weighted by Crippen LogP contribution is -2.20. The zero-order valence-electron chi connectivity index (χ0n) is 10.8. The summed E-state index contributed by atoms with van der Waals surface area (Å²) in [5.74, 6) is -0.723. The monoisotopic (exact) mass is 287 g/mol. The summed E-state index contributed by atoms with van der Waals surface area (Å²) < 4.78 is 17.9. The summed E-state index contributed by atoms with van der Waals surface area (Å²) in [7, 11) is 3.00. The Morgan fingerprint density at radius 1 is 1.58 bits per heavy atom. The lowest BCUT2D eigenvalue weighted by molar-refractivity contribution is 0.381. The molecule has 0 saturated heterocycles. The molecule has 1 atom stereocenters. The van der Waals surface area contributed by atoms with E-state index in [1.54, 1.807) is 6.07 Å². The molecular weight excluding hydrogens is 273 g/mol. The molecule has 1 aromatic heterocycles. The summed E-state index contributed by atoms with van der Waals surface area (Å²) >= 11 is 5.78. The van der Waals surface area contributed by atoms with Crippen LogP contribution >= 0.6 is 11.6 Å². The van der Waals surface area contributed by atoms with Crippen molar-refractivity contribution in [2.24, 2.45) is 0 Å². The summed E-state index contributed by atoms with van der Waals surface area (Å²) in [6.07, 6.45) is 1.36. The minimum absolute atomic E-state index is 0.0407. The minimum Gasteiger partial charge on any atom is -0.480 e. The molecule has 0 aliphatic rings. The van der Waals surface area contributed by atoms with Gasteiger partial charge in [0.25, 0.3) is 0 Å². The third-order valence-corrected chi connectivity index (χ3v) is 2.59. The maximum absolute atomic E-state index is 12.8. The highest BCUT2D eigenvalue weighted by molar-refractivity contribution is 6.29. The highest BCUT2D eigenvalue weighted by atomic mass is 35.5. The molecule has 6 nitrogen and oxygen atoms in total. The molecule has 0 aliphatic carbocycles. The molecule has 1 heterocycles. The van der Waals surface area contributed by atoms with Gasteiger partial charge in [-0.05, 0) is 13.0 Å². The van der Waals surface area contributed by atoms with Crippen LogP contribution in [-0.2, 0) is 0 Å². The molecule has 104 valence electrons. The fourth-order valence-electron chi connectivity index (χ4n) is 1.38. The van der Waals surface area contributed by atoms with E-state index in [1.165, 1.54) is 20.4 Å². The summed E-state index contributed by atoms with van der Waals surface area (Å²) in [5, 5.41) is 20.1. The zero-order valence-corrected chi connectivity index (χ0v) is 11.5. The highest BCUT2D eigenvalue weighted by Crippen LogP contribution is 2.24. The van der Waals surface area contributed by atoms with E-state index in [9.17, 15) is 4.39 Å². The molecule has 1 rings (SSSR count). The number of allylic oxidation sites excluding steroid dienone is 1. The van der Waals surface area contributed by atoms with Gasteiger partial charge in [0.1, 0.15) is 5.70 Å². The SMILES string of the molecule is CN/C(=C/NC(C)c1cc(Cl)nnc1OC)C(=N)F. The summed E-state index contributed by atoms with van der Waals surface area (Å²) in [5.41, 5.74) is 0.721. The number of hydrogen-bond acceptors (Lipinski definition) is 6. The Morgan fingerprint density at radius 2 is 2.26 bits per heavy atom. The largest absolute Gasteiger partial charge is 0.480 e. The van der Waals surface area contributed by atoms with Crippen molar-refractivity contribution in [3.05, 3.63) is 28.7 Å². The molecule has 0 saturated carbocycles. The number of methoxy groups -OCH3 is 1. The Morgan fingerprint density at radius 3 is 2.79 bits per heavy atom. The second-order valence-electron chi connectivity index (χ2n) is 3.64. The van der Waals surface area contributed by atoms with Crippen molar-refractivity contribution in [2.75, 3.05) is 14.2 Å². The van der Waals surface area contributed by atoms with E-state index in [-0.39, 0.29) is 16.9 Å². The van der Waals surface area contributed by atoms with Gasteiger partial charge in [0.15, 0.2) is 5.15 Å². The Bertz CT molecular complexity index is 494. The van der Waals surface area contributed by atoms with E-state index in [4.69, 9.17) is 21.7 Å². The van der Waals surface area contributed by atoms with E-state index >= 15 is 0 Å². The first-order valence-electron chi connectivity index (χ1n) is 5.45. The Balaban J connectivity index is 2.92. The highest BCUT2D eigenvalue weighted by Gasteiger charge is 2.13. The van der Waals surface area contributed by atoms with Gasteiger partial charge in [-0.25, -0.2) is 0 Å². The van der Waals surface area contributed by atoms with Gasteiger partial charge in [-0.15, -0.1) is 10.2 Å². The van der Waals surface area contributed by atoms with Gasteiger partial charge in [-0.1, -0.05) is 11.6 Å². The van der Waals surface area contributed by atoms with Crippen LogP contribution in [0.2, 0.25) is 5.15 Å². The number of nitrogens with zero attached hydrogens (tertiary/aromatic N) is 2. The van der Waals surface area contributed by atoms with Crippen LogP contribution in [0.4, 0.5) is 4.39 Å². The molecule has 0 bridgehead atoms. The number of aromatic nitrogens is 2.